The van der Waals surface area contributed by atoms with Crippen molar-refractivity contribution in [3.63, 3.8) is 0 Å². The lowest BCUT2D eigenvalue weighted by Gasteiger charge is -2.38. The fourth-order valence-electron chi connectivity index (χ4n) is 5.42. The number of anilines is 1. The second-order valence-corrected chi connectivity index (χ2v) is 9.63. The van der Waals surface area contributed by atoms with Crippen LogP contribution in [0.4, 0.5) is 5.69 Å². The molecule has 1 saturated heterocycles. The maximum atomic E-state index is 13.4. The minimum Gasteiger partial charge on any atom is -0.478 e. The third kappa shape index (κ3) is 4.38. The van der Waals surface area contributed by atoms with Crippen molar-refractivity contribution in [1.29, 1.82) is 0 Å². The molecule has 2 amide bonds. The van der Waals surface area contributed by atoms with Gasteiger partial charge in [-0.15, -0.1) is 0 Å². The number of aromatic carboxylic acids is 1. The second kappa shape index (κ2) is 9.59. The second-order valence-electron chi connectivity index (χ2n) is 9.63. The summed E-state index contributed by atoms with van der Waals surface area (Å²) < 4.78 is 0. The van der Waals surface area contributed by atoms with Crippen LogP contribution in [0.25, 0.3) is 0 Å². The number of benzene rings is 3. The van der Waals surface area contributed by atoms with E-state index in [1.165, 1.54) is 11.6 Å². The number of carbonyl (C=O) groups excluding carboxylic acids is 2. The Hall–Kier alpha value is -3.97. The molecule has 0 aromatic heterocycles. The third-order valence-electron chi connectivity index (χ3n) is 7.44. The highest BCUT2D eigenvalue weighted by atomic mass is 16.4. The van der Waals surface area contributed by atoms with Gasteiger partial charge in [0, 0.05) is 31.4 Å². The van der Waals surface area contributed by atoms with Gasteiger partial charge < -0.3 is 15.3 Å². The Morgan fingerprint density at radius 2 is 1.64 bits per heavy atom. The van der Waals surface area contributed by atoms with Crippen LogP contribution in [0.2, 0.25) is 0 Å². The molecule has 0 bridgehead atoms. The molecular formula is C29H29N3O4. The van der Waals surface area contributed by atoms with Gasteiger partial charge in [0.25, 0.3) is 5.91 Å². The lowest BCUT2D eigenvalue weighted by Crippen LogP contribution is -2.47. The lowest BCUT2D eigenvalue weighted by atomic mass is 9.73. The van der Waals surface area contributed by atoms with Crippen LogP contribution in [0.5, 0.6) is 0 Å². The molecule has 2 aliphatic rings. The molecule has 0 radical (unpaired) electrons. The molecule has 2 aliphatic heterocycles. The van der Waals surface area contributed by atoms with Crippen LogP contribution in [0, 0.1) is 0 Å². The lowest BCUT2D eigenvalue weighted by molar-refractivity contribution is -0.124. The molecule has 1 fully saturated rings. The molecule has 7 heteroatoms. The average molecular weight is 484 g/mol. The number of carboxylic acid groups (broad SMARTS) is 1. The highest BCUT2D eigenvalue weighted by Gasteiger charge is 2.51. The molecule has 7 nitrogen and oxygen atoms in total. The van der Waals surface area contributed by atoms with Gasteiger partial charge in [-0.25, -0.2) is 4.79 Å². The molecule has 3 aromatic carbocycles. The number of nitrogens with one attached hydrogen (secondary N) is 1. The van der Waals surface area contributed by atoms with Crippen molar-refractivity contribution in [3.05, 3.63) is 101 Å². The van der Waals surface area contributed by atoms with Crippen LogP contribution in [0.15, 0.2) is 72.8 Å². The van der Waals surface area contributed by atoms with Crippen LogP contribution in [0.3, 0.4) is 0 Å². The Kier molecular flexibility index (Phi) is 6.33. The summed E-state index contributed by atoms with van der Waals surface area (Å²) in [5.74, 6) is -1.16. The first-order chi connectivity index (χ1) is 17.4. The first kappa shape index (κ1) is 23.8. The summed E-state index contributed by atoms with van der Waals surface area (Å²) in [4.78, 5) is 41.8. The molecule has 2 heterocycles. The van der Waals surface area contributed by atoms with Gasteiger partial charge in [0.05, 0.1) is 11.0 Å². The molecule has 1 spiro atoms. The van der Waals surface area contributed by atoms with Crippen molar-refractivity contribution < 1.29 is 19.5 Å². The number of hydrogen-bond acceptors (Lipinski definition) is 4. The Bertz CT molecular complexity index is 1310. The van der Waals surface area contributed by atoms with Crippen LogP contribution in [0.1, 0.15) is 50.2 Å². The van der Waals surface area contributed by atoms with E-state index < -0.39 is 11.4 Å². The van der Waals surface area contributed by atoms with Crippen molar-refractivity contribution in [1.82, 2.24) is 10.2 Å². The summed E-state index contributed by atoms with van der Waals surface area (Å²) in [5, 5.41) is 12.1. The van der Waals surface area contributed by atoms with Crippen molar-refractivity contribution in [3.8, 4) is 0 Å². The van der Waals surface area contributed by atoms with Crippen LogP contribution < -0.4 is 10.2 Å². The van der Waals surface area contributed by atoms with E-state index in [0.717, 1.165) is 30.9 Å². The van der Waals surface area contributed by atoms with Gasteiger partial charge in [-0.2, -0.15) is 0 Å². The maximum Gasteiger partial charge on any atom is 0.335 e. The molecular weight excluding hydrogens is 454 g/mol. The van der Waals surface area contributed by atoms with E-state index in [1.807, 2.05) is 30.3 Å². The molecule has 3 aromatic rings. The van der Waals surface area contributed by atoms with Gasteiger partial charge in [-0.3, -0.25) is 14.5 Å². The number of nitrogens with zero attached hydrogens (tertiary/aromatic N) is 2. The largest absolute Gasteiger partial charge is 0.478 e. The van der Waals surface area contributed by atoms with Gasteiger partial charge in [-0.05, 0) is 73.0 Å². The normalized spacial score (nSPS) is 16.7. The predicted molar refractivity (Wildman–Crippen MR) is 137 cm³/mol. The van der Waals surface area contributed by atoms with Crippen LogP contribution >= 0.6 is 0 Å². The fourth-order valence-corrected chi connectivity index (χ4v) is 5.42. The van der Waals surface area contributed by atoms with E-state index in [9.17, 15) is 19.5 Å². The van der Waals surface area contributed by atoms with E-state index in [-0.39, 0.29) is 23.9 Å². The molecule has 5 rings (SSSR count). The van der Waals surface area contributed by atoms with Gasteiger partial charge >= 0.3 is 5.97 Å². The molecule has 0 atom stereocenters. The minimum absolute atomic E-state index is 0.0971. The zero-order valence-corrected chi connectivity index (χ0v) is 20.2. The Morgan fingerprint density at radius 1 is 0.917 bits per heavy atom. The number of fused-ring (bicyclic) bond motifs is 2. The van der Waals surface area contributed by atoms with Crippen molar-refractivity contribution in [2.45, 2.75) is 31.3 Å². The van der Waals surface area contributed by atoms with E-state index in [0.29, 0.717) is 24.0 Å². The average Bonchev–Trinajstić information content (AvgIpc) is 3.10. The Labute approximate surface area is 210 Å². The Balaban J connectivity index is 1.32. The summed E-state index contributed by atoms with van der Waals surface area (Å²) >= 11 is 0. The standard InChI is InChI=1S/C29H29N3O4/c1-31-25-11-10-22(26(33)30-18-21-8-5-9-23(16-21)27(34)35)17-24(25)29(28(31)36)12-14-32(15-13-29)19-20-6-3-2-4-7-20/h2-11,16-17H,12-15,18-19H2,1H3,(H,30,33)(H,34,35). The smallest absolute Gasteiger partial charge is 0.335 e. The van der Waals surface area contributed by atoms with E-state index >= 15 is 0 Å². The number of amides is 2. The van der Waals surface area contributed by atoms with Crippen LogP contribution in [-0.2, 0) is 23.3 Å². The summed E-state index contributed by atoms with van der Waals surface area (Å²) in [6.45, 7) is 2.70. The minimum atomic E-state index is -1.00. The monoisotopic (exact) mass is 483 g/mol. The quantitative estimate of drug-likeness (QED) is 0.556. The van der Waals surface area contributed by atoms with Crippen molar-refractivity contribution >= 4 is 23.5 Å². The molecule has 184 valence electrons. The number of likely N-dealkylation sites (tertiary alicyclic amines) is 1. The molecule has 0 unspecified atom stereocenters. The summed E-state index contributed by atoms with van der Waals surface area (Å²) in [7, 11) is 1.81. The summed E-state index contributed by atoms with van der Waals surface area (Å²) in [6, 6.07) is 22.3. The molecule has 0 saturated carbocycles. The zero-order chi connectivity index (χ0) is 25.3. The van der Waals surface area contributed by atoms with Gasteiger partial charge in [0.2, 0.25) is 5.91 Å². The predicted octanol–water partition coefficient (Wildman–Crippen LogP) is 3.83. The number of carbonyl (C=O) groups is 3. The molecule has 36 heavy (non-hydrogen) atoms. The van der Waals surface area contributed by atoms with E-state index in [4.69, 9.17) is 0 Å². The fraction of sp³-hybridized carbons (Fsp3) is 0.276. The Morgan fingerprint density at radius 3 is 2.36 bits per heavy atom. The highest BCUT2D eigenvalue weighted by molar-refractivity contribution is 6.09. The number of hydrogen-bond donors (Lipinski definition) is 2. The number of rotatable bonds is 6. The van der Waals surface area contributed by atoms with Crippen LogP contribution in [-0.4, -0.2) is 47.9 Å². The molecule has 0 aliphatic carbocycles. The maximum absolute atomic E-state index is 13.4. The number of piperidine rings is 1. The van der Waals surface area contributed by atoms with Crippen molar-refractivity contribution in [2.75, 3.05) is 25.0 Å². The van der Waals surface area contributed by atoms with Gasteiger partial charge in [0.1, 0.15) is 0 Å². The molecule has 2 N–H and O–H groups in total. The van der Waals surface area contributed by atoms with E-state index in [1.54, 1.807) is 36.2 Å². The number of carboxylic acids is 1. The third-order valence-corrected chi connectivity index (χ3v) is 7.44. The first-order valence-corrected chi connectivity index (χ1v) is 12.2. The van der Waals surface area contributed by atoms with Gasteiger partial charge in [-0.1, -0.05) is 42.5 Å². The topological polar surface area (TPSA) is 90.0 Å². The van der Waals surface area contributed by atoms with Gasteiger partial charge in [0.15, 0.2) is 0 Å². The SMILES string of the molecule is CN1C(=O)C2(CCN(Cc3ccccc3)CC2)c2cc(C(=O)NCc3cccc(C(=O)O)c3)ccc21. The zero-order valence-electron chi connectivity index (χ0n) is 20.2. The number of likely N-dealkylation sites (N-methyl/N-ethyl adjacent to an activating group) is 1. The van der Waals surface area contributed by atoms with E-state index in [2.05, 4.69) is 22.3 Å². The van der Waals surface area contributed by atoms with Crippen molar-refractivity contribution in [2.24, 2.45) is 0 Å². The first-order valence-electron chi connectivity index (χ1n) is 12.2. The summed E-state index contributed by atoms with van der Waals surface area (Å²) in [6.07, 6.45) is 1.42. The highest BCUT2D eigenvalue weighted by Crippen LogP contribution is 2.47. The summed E-state index contributed by atoms with van der Waals surface area (Å²) in [5.41, 5.74) is 3.83.